The van der Waals surface area contributed by atoms with Crippen LogP contribution in [0, 0.1) is 0 Å². The zero-order valence-corrected chi connectivity index (χ0v) is 15.1. The fraction of sp³-hybridized carbons (Fsp3) is 0.444. The number of hydrogen-bond acceptors (Lipinski definition) is 2. The molecule has 1 aromatic heterocycles. The molecule has 0 aliphatic carbocycles. The Balaban J connectivity index is 2.60. The predicted octanol–water partition coefficient (Wildman–Crippen LogP) is 4.35. The minimum Gasteiger partial charge on any atom is -0.350 e. The fourth-order valence-electron chi connectivity index (χ4n) is 2.58. The summed E-state index contributed by atoms with van der Waals surface area (Å²) >= 11 is 5.97. The third kappa shape index (κ3) is 3.75. The highest BCUT2D eigenvalue weighted by Gasteiger charge is 2.25. The van der Waals surface area contributed by atoms with Gasteiger partial charge < -0.3 is 5.32 Å². The van der Waals surface area contributed by atoms with Crippen LogP contribution in [0.3, 0.4) is 0 Å². The highest BCUT2D eigenvalue weighted by atomic mass is 35.5. The van der Waals surface area contributed by atoms with Crippen LogP contribution in [-0.2, 0) is 6.42 Å². The molecule has 1 heterocycles. The Bertz CT molecular complexity index is 687. The summed E-state index contributed by atoms with van der Waals surface area (Å²) in [6.45, 7) is 10.1. The number of benzene rings is 1. The van der Waals surface area contributed by atoms with Crippen LogP contribution >= 0.6 is 11.6 Å². The van der Waals surface area contributed by atoms with Gasteiger partial charge in [0.05, 0.1) is 22.6 Å². The van der Waals surface area contributed by atoms with Gasteiger partial charge in [-0.2, -0.15) is 5.10 Å². The van der Waals surface area contributed by atoms with Crippen molar-refractivity contribution >= 4 is 17.5 Å². The van der Waals surface area contributed by atoms with Gasteiger partial charge in [0, 0.05) is 11.1 Å². The molecule has 0 aliphatic rings. The second-order valence-corrected chi connectivity index (χ2v) is 6.67. The van der Waals surface area contributed by atoms with E-state index >= 15 is 0 Å². The van der Waals surface area contributed by atoms with E-state index in [0.717, 1.165) is 23.5 Å². The molecule has 0 bridgehead atoms. The van der Waals surface area contributed by atoms with Gasteiger partial charge in [0.2, 0.25) is 0 Å². The number of aromatic nitrogens is 2. The SMILES string of the molecule is CCc1c(C(=O)NC(C)C)c(C(C)C)nn1-c1ccc(Cl)cc1. The van der Waals surface area contributed by atoms with E-state index in [1.54, 1.807) is 0 Å². The molecule has 0 saturated carbocycles. The normalized spacial score (nSPS) is 11.3. The van der Waals surface area contributed by atoms with Crippen LogP contribution < -0.4 is 5.32 Å². The van der Waals surface area contributed by atoms with E-state index in [0.29, 0.717) is 10.6 Å². The first-order chi connectivity index (χ1) is 10.8. The Morgan fingerprint density at radius 1 is 1.22 bits per heavy atom. The molecule has 23 heavy (non-hydrogen) atoms. The van der Waals surface area contributed by atoms with E-state index in [1.165, 1.54) is 0 Å². The van der Waals surface area contributed by atoms with E-state index in [9.17, 15) is 4.79 Å². The van der Waals surface area contributed by atoms with Gasteiger partial charge in [0.15, 0.2) is 0 Å². The standard InChI is InChI=1S/C18H24ClN3O/c1-6-15-16(18(23)20-12(4)5)17(11(2)3)21-22(15)14-9-7-13(19)8-10-14/h7-12H,6H2,1-5H3,(H,20,23). The predicted molar refractivity (Wildman–Crippen MR) is 94.6 cm³/mol. The second-order valence-electron chi connectivity index (χ2n) is 6.23. The largest absolute Gasteiger partial charge is 0.350 e. The Morgan fingerprint density at radius 2 is 1.83 bits per heavy atom. The van der Waals surface area contributed by atoms with Crippen molar-refractivity contribution in [1.29, 1.82) is 0 Å². The molecule has 0 spiro atoms. The van der Waals surface area contributed by atoms with Crippen LogP contribution in [0.2, 0.25) is 5.02 Å². The molecule has 1 aromatic carbocycles. The monoisotopic (exact) mass is 333 g/mol. The lowest BCUT2D eigenvalue weighted by Crippen LogP contribution is -2.31. The minimum atomic E-state index is -0.0548. The maximum atomic E-state index is 12.7. The molecule has 1 amide bonds. The van der Waals surface area contributed by atoms with Crippen molar-refractivity contribution in [2.75, 3.05) is 0 Å². The maximum absolute atomic E-state index is 12.7. The smallest absolute Gasteiger partial charge is 0.255 e. The molecule has 0 fully saturated rings. The summed E-state index contributed by atoms with van der Waals surface area (Å²) in [5.41, 5.74) is 3.37. The molecular weight excluding hydrogens is 310 g/mol. The van der Waals surface area contributed by atoms with Crippen molar-refractivity contribution in [3.05, 3.63) is 46.2 Å². The van der Waals surface area contributed by atoms with Crippen molar-refractivity contribution < 1.29 is 4.79 Å². The third-order valence-electron chi connectivity index (χ3n) is 3.61. The molecular formula is C18H24ClN3O. The maximum Gasteiger partial charge on any atom is 0.255 e. The first kappa shape index (κ1) is 17.5. The summed E-state index contributed by atoms with van der Waals surface area (Å²) in [7, 11) is 0. The van der Waals surface area contributed by atoms with Crippen molar-refractivity contribution in [2.45, 2.75) is 53.0 Å². The number of nitrogens with one attached hydrogen (secondary N) is 1. The average Bonchev–Trinajstić information content (AvgIpc) is 2.87. The quantitative estimate of drug-likeness (QED) is 0.884. The van der Waals surface area contributed by atoms with Crippen molar-refractivity contribution in [1.82, 2.24) is 15.1 Å². The summed E-state index contributed by atoms with van der Waals surface area (Å²) in [5.74, 6) is 0.113. The summed E-state index contributed by atoms with van der Waals surface area (Å²) in [6, 6.07) is 7.60. The topological polar surface area (TPSA) is 46.9 Å². The molecule has 5 heteroatoms. The number of hydrogen-bond donors (Lipinski definition) is 1. The van der Waals surface area contributed by atoms with E-state index in [4.69, 9.17) is 16.7 Å². The first-order valence-corrected chi connectivity index (χ1v) is 8.41. The average molecular weight is 334 g/mol. The highest BCUT2D eigenvalue weighted by Crippen LogP contribution is 2.26. The minimum absolute atomic E-state index is 0.0548. The van der Waals surface area contributed by atoms with Gasteiger partial charge in [0.25, 0.3) is 5.91 Å². The fourth-order valence-corrected chi connectivity index (χ4v) is 2.71. The van der Waals surface area contributed by atoms with Gasteiger partial charge in [-0.1, -0.05) is 32.4 Å². The van der Waals surface area contributed by atoms with Crippen LogP contribution in [0.1, 0.15) is 62.3 Å². The molecule has 4 nitrogen and oxygen atoms in total. The molecule has 0 radical (unpaired) electrons. The van der Waals surface area contributed by atoms with Crippen LogP contribution in [0.15, 0.2) is 24.3 Å². The highest BCUT2D eigenvalue weighted by molar-refractivity contribution is 6.30. The van der Waals surface area contributed by atoms with Gasteiger partial charge in [-0.15, -0.1) is 0 Å². The lowest BCUT2D eigenvalue weighted by Gasteiger charge is -2.11. The number of nitrogens with zero attached hydrogens (tertiary/aromatic N) is 2. The van der Waals surface area contributed by atoms with Gasteiger partial charge >= 0.3 is 0 Å². The summed E-state index contributed by atoms with van der Waals surface area (Å²) in [5, 5.41) is 8.39. The van der Waals surface area contributed by atoms with Crippen molar-refractivity contribution in [3.8, 4) is 5.69 Å². The molecule has 2 rings (SSSR count). The Hall–Kier alpha value is -1.81. The van der Waals surface area contributed by atoms with Gasteiger partial charge in [-0.3, -0.25) is 4.79 Å². The van der Waals surface area contributed by atoms with Crippen LogP contribution in [0.5, 0.6) is 0 Å². The number of carbonyl (C=O) groups is 1. The van der Waals surface area contributed by atoms with E-state index < -0.39 is 0 Å². The molecule has 1 N–H and O–H groups in total. The second kappa shape index (κ2) is 7.18. The Morgan fingerprint density at radius 3 is 2.30 bits per heavy atom. The van der Waals surface area contributed by atoms with Crippen LogP contribution in [0.25, 0.3) is 5.69 Å². The Labute approximate surface area is 142 Å². The number of amides is 1. The summed E-state index contributed by atoms with van der Waals surface area (Å²) in [4.78, 5) is 12.7. The van der Waals surface area contributed by atoms with Gasteiger partial charge in [-0.05, 0) is 50.5 Å². The summed E-state index contributed by atoms with van der Waals surface area (Å²) in [6.07, 6.45) is 0.725. The number of halogens is 1. The van der Waals surface area contributed by atoms with Crippen LogP contribution in [-0.4, -0.2) is 21.7 Å². The molecule has 124 valence electrons. The van der Waals surface area contributed by atoms with E-state index in [1.807, 2.05) is 49.7 Å². The molecule has 0 unspecified atom stereocenters. The zero-order valence-electron chi connectivity index (χ0n) is 14.4. The molecule has 0 atom stereocenters. The lowest BCUT2D eigenvalue weighted by atomic mass is 10.0. The first-order valence-electron chi connectivity index (χ1n) is 8.03. The van der Waals surface area contributed by atoms with Gasteiger partial charge in [0.1, 0.15) is 0 Å². The third-order valence-corrected chi connectivity index (χ3v) is 3.86. The molecule has 0 aliphatic heterocycles. The lowest BCUT2D eigenvalue weighted by molar-refractivity contribution is 0.0941. The van der Waals surface area contributed by atoms with Gasteiger partial charge in [-0.25, -0.2) is 4.68 Å². The van der Waals surface area contributed by atoms with E-state index in [-0.39, 0.29) is 17.9 Å². The number of rotatable bonds is 5. The van der Waals surface area contributed by atoms with Crippen molar-refractivity contribution in [2.24, 2.45) is 0 Å². The number of carbonyl (C=O) groups excluding carboxylic acids is 1. The molecule has 0 saturated heterocycles. The van der Waals surface area contributed by atoms with E-state index in [2.05, 4.69) is 19.2 Å². The zero-order chi connectivity index (χ0) is 17.1. The summed E-state index contributed by atoms with van der Waals surface area (Å²) < 4.78 is 1.86. The van der Waals surface area contributed by atoms with Crippen molar-refractivity contribution in [3.63, 3.8) is 0 Å². The Kier molecular flexibility index (Phi) is 5.47. The van der Waals surface area contributed by atoms with Crippen LogP contribution in [0.4, 0.5) is 0 Å². The molecule has 2 aromatic rings.